The van der Waals surface area contributed by atoms with E-state index < -0.39 is 0 Å². The van der Waals surface area contributed by atoms with Crippen molar-refractivity contribution in [3.8, 4) is 0 Å². The second kappa shape index (κ2) is 5.13. The highest BCUT2D eigenvalue weighted by Gasteiger charge is 2.20. The van der Waals surface area contributed by atoms with Crippen LogP contribution >= 0.6 is 11.3 Å². The van der Waals surface area contributed by atoms with Crippen LogP contribution < -0.4 is 5.32 Å². The van der Waals surface area contributed by atoms with Gasteiger partial charge in [-0.05, 0) is 13.0 Å². The van der Waals surface area contributed by atoms with E-state index in [-0.39, 0.29) is 17.4 Å². The van der Waals surface area contributed by atoms with E-state index in [1.54, 1.807) is 30.1 Å². The number of hydrogen-bond donors (Lipinski definition) is 1. The zero-order valence-corrected chi connectivity index (χ0v) is 12.4. The van der Waals surface area contributed by atoms with Crippen LogP contribution in [0.5, 0.6) is 0 Å². The SMILES string of the molecule is C[C@H](C(=O)Nc1nc(C(C)(C)C)cs1)n1cccn1. The van der Waals surface area contributed by atoms with Gasteiger partial charge in [0.2, 0.25) is 0 Å². The van der Waals surface area contributed by atoms with E-state index in [2.05, 4.69) is 36.2 Å². The van der Waals surface area contributed by atoms with Crippen LogP contribution in [0.25, 0.3) is 0 Å². The molecule has 0 saturated carbocycles. The molecule has 2 rings (SSSR count). The second-order valence-electron chi connectivity index (χ2n) is 5.44. The van der Waals surface area contributed by atoms with Crippen molar-refractivity contribution in [2.45, 2.75) is 39.2 Å². The van der Waals surface area contributed by atoms with Gasteiger partial charge in [0, 0.05) is 23.2 Å². The fraction of sp³-hybridized carbons (Fsp3) is 0.462. The zero-order chi connectivity index (χ0) is 14.0. The van der Waals surface area contributed by atoms with Gasteiger partial charge < -0.3 is 5.32 Å². The van der Waals surface area contributed by atoms with Gasteiger partial charge in [-0.3, -0.25) is 9.48 Å². The molecule has 0 radical (unpaired) electrons. The molecule has 0 fully saturated rings. The summed E-state index contributed by atoms with van der Waals surface area (Å²) < 4.78 is 1.62. The maximum absolute atomic E-state index is 12.1. The largest absolute Gasteiger partial charge is 0.300 e. The molecule has 6 heteroatoms. The van der Waals surface area contributed by atoms with Crippen molar-refractivity contribution in [1.82, 2.24) is 14.8 Å². The molecule has 0 bridgehead atoms. The predicted molar refractivity (Wildman–Crippen MR) is 76.4 cm³/mol. The van der Waals surface area contributed by atoms with Crippen LogP contribution in [0.2, 0.25) is 0 Å². The number of hydrogen-bond acceptors (Lipinski definition) is 4. The molecule has 0 aliphatic rings. The molecule has 0 spiro atoms. The van der Waals surface area contributed by atoms with Crippen LogP contribution in [0.1, 0.15) is 39.4 Å². The molecule has 0 aromatic carbocycles. The summed E-state index contributed by atoms with van der Waals surface area (Å²) in [6.07, 6.45) is 3.43. The third-order valence-corrected chi connectivity index (χ3v) is 3.56. The van der Waals surface area contributed by atoms with Crippen LogP contribution in [0.4, 0.5) is 5.13 Å². The number of nitrogens with one attached hydrogen (secondary N) is 1. The van der Waals surface area contributed by atoms with Crippen molar-refractivity contribution in [2.24, 2.45) is 0 Å². The van der Waals surface area contributed by atoms with Gasteiger partial charge in [0.05, 0.1) is 5.69 Å². The summed E-state index contributed by atoms with van der Waals surface area (Å²) in [5.74, 6) is -0.112. The molecular formula is C13H18N4OS. The third-order valence-electron chi connectivity index (χ3n) is 2.80. The lowest BCUT2D eigenvalue weighted by molar-refractivity contribution is -0.119. The Morgan fingerprint density at radius 1 is 1.47 bits per heavy atom. The minimum Gasteiger partial charge on any atom is -0.300 e. The molecule has 102 valence electrons. The average molecular weight is 278 g/mol. The minimum absolute atomic E-state index is 0.00687. The first kappa shape index (κ1) is 13.7. The molecule has 5 nitrogen and oxygen atoms in total. The van der Waals surface area contributed by atoms with Crippen molar-refractivity contribution < 1.29 is 4.79 Å². The van der Waals surface area contributed by atoms with Crippen LogP contribution in [-0.2, 0) is 10.2 Å². The highest BCUT2D eigenvalue weighted by Crippen LogP contribution is 2.26. The first-order valence-electron chi connectivity index (χ1n) is 6.14. The number of carbonyl (C=O) groups excluding carboxylic acids is 1. The molecular weight excluding hydrogens is 260 g/mol. The molecule has 1 atom stereocenters. The van der Waals surface area contributed by atoms with Gasteiger partial charge in [0.25, 0.3) is 5.91 Å². The van der Waals surface area contributed by atoms with Gasteiger partial charge >= 0.3 is 0 Å². The number of nitrogens with zero attached hydrogens (tertiary/aromatic N) is 3. The average Bonchev–Trinajstić information content (AvgIpc) is 2.97. The lowest BCUT2D eigenvalue weighted by Gasteiger charge is -2.14. The summed E-state index contributed by atoms with van der Waals surface area (Å²) >= 11 is 1.45. The summed E-state index contributed by atoms with van der Waals surface area (Å²) in [6, 6.07) is 1.45. The van der Waals surface area contributed by atoms with Crippen molar-refractivity contribution >= 4 is 22.4 Å². The Labute approximate surface area is 116 Å². The Morgan fingerprint density at radius 3 is 2.74 bits per heavy atom. The van der Waals surface area contributed by atoms with E-state index in [0.29, 0.717) is 5.13 Å². The van der Waals surface area contributed by atoms with E-state index in [1.807, 2.05) is 5.38 Å². The van der Waals surface area contributed by atoms with Crippen LogP contribution in [0, 0.1) is 0 Å². The molecule has 0 aliphatic carbocycles. The number of rotatable bonds is 3. The Kier molecular flexibility index (Phi) is 3.71. The Morgan fingerprint density at radius 2 is 2.21 bits per heavy atom. The second-order valence-corrected chi connectivity index (χ2v) is 6.30. The van der Waals surface area contributed by atoms with Gasteiger partial charge in [-0.15, -0.1) is 11.3 Å². The molecule has 0 saturated heterocycles. The van der Waals surface area contributed by atoms with Gasteiger partial charge in [0.15, 0.2) is 5.13 Å². The number of thiazole rings is 1. The van der Waals surface area contributed by atoms with Gasteiger partial charge in [-0.2, -0.15) is 5.10 Å². The first-order valence-corrected chi connectivity index (χ1v) is 7.02. The molecule has 19 heavy (non-hydrogen) atoms. The summed E-state index contributed by atoms with van der Waals surface area (Å²) in [5.41, 5.74) is 0.979. The Bertz CT molecular complexity index is 553. The molecule has 0 unspecified atom stereocenters. The number of anilines is 1. The van der Waals surface area contributed by atoms with Crippen LogP contribution in [0.15, 0.2) is 23.8 Å². The van der Waals surface area contributed by atoms with E-state index in [0.717, 1.165) is 5.69 Å². The Balaban J connectivity index is 2.05. The molecule has 2 aromatic rings. The van der Waals surface area contributed by atoms with E-state index in [9.17, 15) is 4.79 Å². The number of carbonyl (C=O) groups is 1. The van der Waals surface area contributed by atoms with Gasteiger partial charge in [-0.25, -0.2) is 4.98 Å². The topological polar surface area (TPSA) is 59.8 Å². The standard InChI is InChI=1S/C13H18N4OS/c1-9(17-7-5-6-14-17)11(18)16-12-15-10(8-19-12)13(2,3)4/h5-9H,1-4H3,(H,15,16,18)/t9-/m1/s1. The van der Waals surface area contributed by atoms with Gasteiger partial charge in [0.1, 0.15) is 6.04 Å². The highest BCUT2D eigenvalue weighted by atomic mass is 32.1. The fourth-order valence-corrected chi connectivity index (χ4v) is 2.46. The molecule has 1 amide bonds. The highest BCUT2D eigenvalue weighted by molar-refractivity contribution is 7.13. The lowest BCUT2D eigenvalue weighted by atomic mass is 9.93. The maximum Gasteiger partial charge on any atom is 0.250 e. The molecule has 2 aromatic heterocycles. The first-order chi connectivity index (χ1) is 8.88. The van der Waals surface area contributed by atoms with Crippen molar-refractivity contribution in [1.29, 1.82) is 0 Å². The summed E-state index contributed by atoms with van der Waals surface area (Å²) in [5, 5.41) is 9.51. The minimum atomic E-state index is -0.350. The van der Waals surface area contributed by atoms with Crippen molar-refractivity contribution in [2.75, 3.05) is 5.32 Å². The summed E-state index contributed by atoms with van der Waals surface area (Å²) in [6.45, 7) is 8.10. The molecule has 1 N–H and O–H groups in total. The smallest absolute Gasteiger partial charge is 0.250 e. The van der Waals surface area contributed by atoms with Crippen LogP contribution in [0.3, 0.4) is 0 Å². The molecule has 0 aliphatic heterocycles. The molecule has 2 heterocycles. The normalized spacial score (nSPS) is 13.3. The predicted octanol–water partition coefficient (Wildman–Crippen LogP) is 2.84. The van der Waals surface area contributed by atoms with Crippen molar-refractivity contribution in [3.63, 3.8) is 0 Å². The Hall–Kier alpha value is -1.69. The monoisotopic (exact) mass is 278 g/mol. The fourth-order valence-electron chi connectivity index (χ4n) is 1.52. The van der Waals surface area contributed by atoms with E-state index >= 15 is 0 Å². The van der Waals surface area contributed by atoms with Gasteiger partial charge in [-0.1, -0.05) is 20.8 Å². The summed E-state index contributed by atoms with van der Waals surface area (Å²) in [7, 11) is 0. The quantitative estimate of drug-likeness (QED) is 0.939. The van der Waals surface area contributed by atoms with Crippen molar-refractivity contribution in [3.05, 3.63) is 29.5 Å². The maximum atomic E-state index is 12.1. The third kappa shape index (κ3) is 3.20. The lowest BCUT2D eigenvalue weighted by Crippen LogP contribution is -2.24. The summed E-state index contributed by atoms with van der Waals surface area (Å²) in [4.78, 5) is 16.5. The van der Waals surface area contributed by atoms with E-state index in [4.69, 9.17) is 0 Å². The number of aromatic nitrogens is 3. The van der Waals surface area contributed by atoms with Crippen LogP contribution in [-0.4, -0.2) is 20.7 Å². The zero-order valence-electron chi connectivity index (χ0n) is 11.5. The number of amides is 1. The van der Waals surface area contributed by atoms with E-state index in [1.165, 1.54) is 11.3 Å².